The lowest BCUT2D eigenvalue weighted by molar-refractivity contribution is -0.118. The number of fused-ring (bicyclic) bond motifs is 1. The molecule has 0 atom stereocenters. The number of benzene rings is 3. The summed E-state index contributed by atoms with van der Waals surface area (Å²) in [5.41, 5.74) is 6.98. The third-order valence-corrected chi connectivity index (χ3v) is 6.86. The van der Waals surface area contributed by atoms with E-state index in [1.165, 1.54) is 11.8 Å². The van der Waals surface area contributed by atoms with Crippen molar-refractivity contribution < 1.29 is 4.79 Å². The van der Waals surface area contributed by atoms with E-state index in [0.717, 1.165) is 27.3 Å². The van der Waals surface area contributed by atoms with Gasteiger partial charge in [0, 0.05) is 5.02 Å². The summed E-state index contributed by atoms with van der Waals surface area (Å²) in [5, 5.41) is 6.53. The van der Waals surface area contributed by atoms with E-state index in [1.54, 1.807) is 25.1 Å². The summed E-state index contributed by atoms with van der Waals surface area (Å²) >= 11 is 19.4. The Morgan fingerprint density at radius 2 is 1.79 bits per heavy atom. The molecule has 0 saturated carbocycles. The molecule has 0 fully saturated rings. The van der Waals surface area contributed by atoms with Crippen molar-refractivity contribution in [3.05, 3.63) is 92.9 Å². The number of nitrogens with one attached hydrogen (secondary N) is 1. The van der Waals surface area contributed by atoms with Gasteiger partial charge in [0.25, 0.3) is 5.91 Å². The van der Waals surface area contributed by atoms with Gasteiger partial charge in [0.1, 0.15) is 0 Å². The fourth-order valence-corrected chi connectivity index (χ4v) is 4.41. The Hall–Kier alpha value is -2.51. The van der Waals surface area contributed by atoms with Gasteiger partial charge in [-0.25, -0.2) is 10.4 Å². The number of amides is 1. The zero-order valence-corrected chi connectivity index (χ0v) is 20.6. The maximum Gasteiger partial charge on any atom is 0.250 e. The van der Waals surface area contributed by atoms with Crippen LogP contribution in [-0.4, -0.2) is 26.9 Å². The highest BCUT2D eigenvalue weighted by atomic mass is 35.5. The number of nitrogens with zero attached hydrogens (tertiary/aromatic N) is 3. The quantitative estimate of drug-likeness (QED) is 0.169. The predicted octanol–water partition coefficient (Wildman–Crippen LogP) is 6.68. The number of carbonyl (C=O) groups excluding carboxylic acids is 1. The standard InChI is InChI=1S/C24H19Cl3N4OS/c1-15(17-8-11-19(26)20(27)12-17)29-30-23(32)14-33-24-28-21-4-2-3-5-22(21)31(24)13-16-6-9-18(25)10-7-16/h2-12H,13-14H2,1H3,(H,30,32)/b29-15-. The number of halogens is 3. The number of hydrogen-bond acceptors (Lipinski definition) is 4. The zero-order chi connectivity index (χ0) is 23.4. The minimum atomic E-state index is -0.232. The Morgan fingerprint density at radius 1 is 1.03 bits per heavy atom. The molecule has 0 unspecified atom stereocenters. The molecular formula is C24H19Cl3N4OS. The zero-order valence-electron chi connectivity index (χ0n) is 17.6. The number of rotatable bonds is 7. The third kappa shape index (κ3) is 5.89. The SMILES string of the molecule is C/C(=N/NC(=O)CSc1nc2ccccc2n1Cc1ccc(Cl)cc1)c1ccc(Cl)c(Cl)c1. The summed E-state index contributed by atoms with van der Waals surface area (Å²) in [6.45, 7) is 2.41. The van der Waals surface area contributed by atoms with E-state index in [1.807, 2.05) is 48.5 Å². The number of thioether (sulfide) groups is 1. The Kier molecular flexibility index (Phi) is 7.60. The topological polar surface area (TPSA) is 59.3 Å². The van der Waals surface area contributed by atoms with Crippen molar-refractivity contribution in [3.63, 3.8) is 0 Å². The molecule has 168 valence electrons. The lowest BCUT2D eigenvalue weighted by Gasteiger charge is -2.09. The normalized spacial score (nSPS) is 11.7. The van der Waals surface area contributed by atoms with Gasteiger partial charge < -0.3 is 4.57 Å². The molecule has 0 spiro atoms. The Bertz CT molecular complexity index is 1340. The molecule has 0 radical (unpaired) electrons. The number of aromatic nitrogens is 2. The van der Waals surface area contributed by atoms with Crippen LogP contribution in [0.5, 0.6) is 0 Å². The Morgan fingerprint density at radius 3 is 2.55 bits per heavy atom. The fraction of sp³-hybridized carbons (Fsp3) is 0.125. The van der Waals surface area contributed by atoms with Crippen LogP contribution in [0.15, 0.2) is 77.0 Å². The molecule has 3 aromatic carbocycles. The van der Waals surface area contributed by atoms with E-state index < -0.39 is 0 Å². The van der Waals surface area contributed by atoms with Gasteiger partial charge >= 0.3 is 0 Å². The van der Waals surface area contributed by atoms with E-state index in [0.29, 0.717) is 27.3 Å². The first-order valence-corrected chi connectivity index (χ1v) is 12.1. The largest absolute Gasteiger partial charge is 0.314 e. The molecule has 0 saturated heterocycles. The minimum absolute atomic E-state index is 0.169. The number of para-hydroxylation sites is 2. The summed E-state index contributed by atoms with van der Waals surface area (Å²) in [6, 6.07) is 20.8. The van der Waals surface area contributed by atoms with Crippen LogP contribution in [0, 0.1) is 0 Å². The van der Waals surface area contributed by atoms with Crippen LogP contribution in [0.2, 0.25) is 15.1 Å². The number of imidazole rings is 1. The van der Waals surface area contributed by atoms with Crippen molar-refractivity contribution in [1.82, 2.24) is 15.0 Å². The smallest absolute Gasteiger partial charge is 0.250 e. The average molecular weight is 518 g/mol. The minimum Gasteiger partial charge on any atom is -0.314 e. The van der Waals surface area contributed by atoms with Crippen molar-refractivity contribution in [2.24, 2.45) is 5.10 Å². The Balaban J connectivity index is 1.46. The third-order valence-electron chi connectivity index (χ3n) is 4.89. The molecule has 4 aromatic rings. The molecule has 4 rings (SSSR count). The highest BCUT2D eigenvalue weighted by molar-refractivity contribution is 7.99. The number of carbonyl (C=O) groups is 1. The van der Waals surface area contributed by atoms with Gasteiger partial charge in [-0.3, -0.25) is 4.79 Å². The van der Waals surface area contributed by atoms with Crippen LogP contribution in [0.4, 0.5) is 0 Å². The van der Waals surface area contributed by atoms with Gasteiger partial charge in [0.15, 0.2) is 5.16 Å². The second kappa shape index (κ2) is 10.6. The van der Waals surface area contributed by atoms with Crippen molar-refractivity contribution in [2.75, 3.05) is 5.75 Å². The van der Waals surface area contributed by atoms with Gasteiger partial charge in [-0.2, -0.15) is 5.10 Å². The molecule has 1 amide bonds. The highest BCUT2D eigenvalue weighted by Crippen LogP contribution is 2.26. The summed E-state index contributed by atoms with van der Waals surface area (Å²) in [6.07, 6.45) is 0. The first-order valence-electron chi connectivity index (χ1n) is 10.0. The molecular weight excluding hydrogens is 499 g/mol. The molecule has 0 aliphatic rings. The van der Waals surface area contributed by atoms with E-state index in [4.69, 9.17) is 39.8 Å². The van der Waals surface area contributed by atoms with E-state index >= 15 is 0 Å². The Labute approximate surface area is 210 Å². The van der Waals surface area contributed by atoms with Crippen LogP contribution in [0.1, 0.15) is 18.1 Å². The van der Waals surface area contributed by atoms with Crippen LogP contribution >= 0.6 is 46.6 Å². The molecule has 1 aromatic heterocycles. The molecule has 9 heteroatoms. The summed E-state index contributed by atoms with van der Waals surface area (Å²) in [7, 11) is 0. The highest BCUT2D eigenvalue weighted by Gasteiger charge is 2.13. The van der Waals surface area contributed by atoms with Gasteiger partial charge in [-0.1, -0.05) is 76.9 Å². The maximum absolute atomic E-state index is 12.5. The number of hydrazone groups is 1. The van der Waals surface area contributed by atoms with Crippen LogP contribution < -0.4 is 5.43 Å². The molecule has 0 bridgehead atoms. The molecule has 0 aliphatic heterocycles. The van der Waals surface area contributed by atoms with Crippen LogP contribution in [0.25, 0.3) is 11.0 Å². The molecule has 1 heterocycles. The van der Waals surface area contributed by atoms with Gasteiger partial charge in [-0.05, 0) is 54.4 Å². The maximum atomic E-state index is 12.5. The van der Waals surface area contributed by atoms with Crippen LogP contribution in [-0.2, 0) is 11.3 Å². The summed E-state index contributed by atoms with van der Waals surface area (Å²) in [5.74, 6) is -0.0632. The number of hydrogen-bond donors (Lipinski definition) is 1. The van der Waals surface area contributed by atoms with Crippen molar-refractivity contribution in [2.45, 2.75) is 18.6 Å². The molecule has 33 heavy (non-hydrogen) atoms. The van der Waals surface area contributed by atoms with Gasteiger partial charge in [-0.15, -0.1) is 0 Å². The summed E-state index contributed by atoms with van der Waals surface area (Å²) in [4.78, 5) is 17.2. The second-order valence-corrected chi connectivity index (χ2v) is 9.44. The fourth-order valence-electron chi connectivity index (χ4n) is 3.18. The van der Waals surface area contributed by atoms with Crippen LogP contribution in [0.3, 0.4) is 0 Å². The lowest BCUT2D eigenvalue weighted by atomic mass is 10.1. The molecule has 0 aliphatic carbocycles. The van der Waals surface area contributed by atoms with Crippen molar-refractivity contribution in [1.29, 1.82) is 0 Å². The van der Waals surface area contributed by atoms with E-state index in [9.17, 15) is 4.79 Å². The average Bonchev–Trinajstić information content (AvgIpc) is 3.16. The second-order valence-electron chi connectivity index (χ2n) is 7.25. The first kappa shape index (κ1) is 23.6. The van der Waals surface area contributed by atoms with E-state index in [-0.39, 0.29) is 11.7 Å². The monoisotopic (exact) mass is 516 g/mol. The van der Waals surface area contributed by atoms with Crippen molar-refractivity contribution in [3.8, 4) is 0 Å². The van der Waals surface area contributed by atoms with Gasteiger partial charge in [0.05, 0.1) is 39.1 Å². The molecule has 1 N–H and O–H groups in total. The first-order chi connectivity index (χ1) is 15.9. The van der Waals surface area contributed by atoms with E-state index in [2.05, 4.69) is 15.1 Å². The van der Waals surface area contributed by atoms with Crippen molar-refractivity contribution >= 4 is 69.2 Å². The van der Waals surface area contributed by atoms with Gasteiger partial charge in [0.2, 0.25) is 0 Å². The summed E-state index contributed by atoms with van der Waals surface area (Å²) < 4.78 is 2.10. The predicted molar refractivity (Wildman–Crippen MR) is 138 cm³/mol. The lowest BCUT2D eigenvalue weighted by Crippen LogP contribution is -2.21. The molecule has 5 nitrogen and oxygen atoms in total.